The minimum absolute atomic E-state index is 0.00285. The predicted molar refractivity (Wildman–Crippen MR) is 156 cm³/mol. The number of hydrogen-bond acceptors (Lipinski definition) is 4. The summed E-state index contributed by atoms with van der Waals surface area (Å²) in [5, 5.41) is 5.15. The van der Waals surface area contributed by atoms with Gasteiger partial charge in [-0.15, -0.1) is 0 Å². The average molecular weight is 532 g/mol. The zero-order valence-electron chi connectivity index (χ0n) is 23.3. The van der Waals surface area contributed by atoms with Crippen molar-refractivity contribution in [2.45, 2.75) is 65.1 Å². The fourth-order valence-electron chi connectivity index (χ4n) is 4.84. The van der Waals surface area contributed by atoms with Crippen LogP contribution in [0.15, 0.2) is 91.0 Å². The van der Waals surface area contributed by atoms with Crippen molar-refractivity contribution < 1.29 is 18.8 Å². The van der Waals surface area contributed by atoms with E-state index in [0.717, 1.165) is 5.56 Å². The van der Waals surface area contributed by atoms with Crippen LogP contribution < -0.4 is 15.7 Å². The second kappa shape index (κ2) is 13.5. The molecule has 1 amide bonds. The Morgan fingerprint density at radius 1 is 0.842 bits per heavy atom. The molecule has 3 rings (SSSR count). The van der Waals surface area contributed by atoms with Crippen LogP contribution in [0.1, 0.15) is 53.0 Å². The molecule has 0 aliphatic heterocycles. The van der Waals surface area contributed by atoms with E-state index in [1.807, 2.05) is 42.5 Å². The minimum atomic E-state index is -2.69. The maximum atomic E-state index is 13.0. The summed E-state index contributed by atoms with van der Waals surface area (Å²) >= 11 is 0. The van der Waals surface area contributed by atoms with E-state index < -0.39 is 20.3 Å². The van der Waals surface area contributed by atoms with Crippen molar-refractivity contribution in [3.63, 3.8) is 0 Å². The molecule has 0 saturated heterocycles. The minimum Gasteiger partial charge on any atom is -0.459 e. The lowest BCUT2D eigenvalue weighted by molar-refractivity contribution is -0.149. The highest BCUT2D eigenvalue weighted by atomic mass is 28.4. The first-order chi connectivity index (χ1) is 18.2. The number of nitrogens with one attached hydrogen (secondary N) is 1. The molecule has 0 unspecified atom stereocenters. The molecule has 0 radical (unpaired) electrons. The van der Waals surface area contributed by atoms with Crippen LogP contribution in [0.5, 0.6) is 0 Å². The van der Waals surface area contributed by atoms with Gasteiger partial charge in [0.15, 0.2) is 0 Å². The predicted octanol–water partition coefficient (Wildman–Crippen LogP) is 5.23. The number of ether oxygens (including phenoxy) is 1. The Morgan fingerprint density at radius 3 is 1.82 bits per heavy atom. The molecule has 3 aromatic carbocycles. The molecule has 0 saturated carbocycles. The van der Waals surface area contributed by atoms with Crippen LogP contribution in [0.25, 0.3) is 0 Å². The number of carbonyl (C=O) groups is 2. The number of hydrogen-bond donors (Lipinski definition) is 1. The quantitative estimate of drug-likeness (QED) is 0.257. The van der Waals surface area contributed by atoms with Crippen molar-refractivity contribution in [1.29, 1.82) is 0 Å². The van der Waals surface area contributed by atoms with E-state index in [2.05, 4.69) is 81.5 Å². The molecule has 0 heterocycles. The van der Waals surface area contributed by atoms with E-state index in [1.54, 1.807) is 6.92 Å². The number of carbonyl (C=O) groups excluding carboxylic acids is 2. The molecule has 0 spiro atoms. The number of benzene rings is 3. The molecule has 0 aliphatic rings. The van der Waals surface area contributed by atoms with E-state index in [4.69, 9.17) is 9.16 Å². The van der Waals surface area contributed by atoms with Gasteiger partial charge in [-0.1, -0.05) is 126 Å². The summed E-state index contributed by atoms with van der Waals surface area (Å²) in [6.45, 7) is 11.2. The van der Waals surface area contributed by atoms with Crippen LogP contribution in [-0.4, -0.2) is 32.8 Å². The summed E-state index contributed by atoms with van der Waals surface area (Å²) in [5.41, 5.74) is 0.907. The Hall–Kier alpha value is -3.22. The molecule has 38 heavy (non-hydrogen) atoms. The van der Waals surface area contributed by atoms with E-state index in [9.17, 15) is 9.59 Å². The van der Waals surface area contributed by atoms with Crippen molar-refractivity contribution in [3.05, 3.63) is 96.6 Å². The standard InChI is InChI=1S/C32H41NO4Si/c1-6-30(34)33-29(31(35)36-24-26-16-10-7-11-17-26)22-25(2)23-37-38(32(3,4)5,27-18-12-8-13-19-27)28-20-14-9-15-21-28/h7-21,25,29H,6,22-24H2,1-5H3,(H,33,34)/t25-,29+/m0/s1. The molecule has 6 heteroatoms. The summed E-state index contributed by atoms with van der Waals surface area (Å²) in [7, 11) is -2.69. The second-order valence-corrected chi connectivity index (χ2v) is 15.2. The van der Waals surface area contributed by atoms with Crippen LogP contribution in [0.4, 0.5) is 0 Å². The maximum Gasteiger partial charge on any atom is 0.328 e. The molecule has 0 fully saturated rings. The Labute approximate surface area is 228 Å². The van der Waals surface area contributed by atoms with E-state index in [1.165, 1.54) is 10.4 Å². The third kappa shape index (κ3) is 7.42. The largest absolute Gasteiger partial charge is 0.459 e. The summed E-state index contributed by atoms with van der Waals surface area (Å²) in [6.07, 6.45) is 0.729. The van der Waals surface area contributed by atoms with Gasteiger partial charge in [-0.05, 0) is 33.3 Å². The zero-order chi connectivity index (χ0) is 27.6. The molecule has 3 aromatic rings. The molecular formula is C32H41NO4Si. The molecule has 202 valence electrons. The van der Waals surface area contributed by atoms with Gasteiger partial charge in [-0.25, -0.2) is 4.79 Å². The Bertz CT molecular complexity index is 1110. The summed E-state index contributed by atoms with van der Waals surface area (Å²) in [4.78, 5) is 25.3. The maximum absolute atomic E-state index is 13.0. The summed E-state index contributed by atoms with van der Waals surface area (Å²) in [5.74, 6) is -0.595. The smallest absolute Gasteiger partial charge is 0.328 e. The van der Waals surface area contributed by atoms with Crippen LogP contribution >= 0.6 is 0 Å². The number of rotatable bonds is 12. The van der Waals surface area contributed by atoms with Crippen molar-refractivity contribution in [2.24, 2.45) is 5.92 Å². The summed E-state index contributed by atoms with van der Waals surface area (Å²) < 4.78 is 12.6. The Morgan fingerprint density at radius 2 is 1.34 bits per heavy atom. The molecule has 2 atom stereocenters. The van der Waals surface area contributed by atoms with Gasteiger partial charge in [0, 0.05) is 13.0 Å². The molecule has 0 bridgehead atoms. The fourth-order valence-corrected chi connectivity index (χ4v) is 9.53. The first kappa shape index (κ1) is 29.3. The lowest BCUT2D eigenvalue weighted by Crippen LogP contribution is -2.66. The number of amides is 1. The van der Waals surface area contributed by atoms with Crippen LogP contribution in [0.2, 0.25) is 5.04 Å². The van der Waals surface area contributed by atoms with Gasteiger partial charge in [-0.3, -0.25) is 4.79 Å². The van der Waals surface area contributed by atoms with E-state index in [-0.39, 0.29) is 23.5 Å². The zero-order valence-corrected chi connectivity index (χ0v) is 24.3. The van der Waals surface area contributed by atoms with E-state index >= 15 is 0 Å². The topological polar surface area (TPSA) is 64.6 Å². The molecule has 5 nitrogen and oxygen atoms in total. The van der Waals surface area contributed by atoms with Gasteiger partial charge in [-0.2, -0.15) is 0 Å². The Kier molecular flexibility index (Phi) is 10.4. The van der Waals surface area contributed by atoms with Crippen molar-refractivity contribution in [3.8, 4) is 0 Å². The van der Waals surface area contributed by atoms with Gasteiger partial charge >= 0.3 is 5.97 Å². The highest BCUT2D eigenvalue weighted by Gasteiger charge is 2.50. The Balaban J connectivity index is 1.80. The third-order valence-corrected chi connectivity index (χ3v) is 11.8. The highest BCUT2D eigenvalue weighted by molar-refractivity contribution is 6.99. The van der Waals surface area contributed by atoms with Crippen LogP contribution in [0.3, 0.4) is 0 Å². The van der Waals surface area contributed by atoms with E-state index in [0.29, 0.717) is 19.4 Å². The summed E-state index contributed by atoms with van der Waals surface area (Å²) in [6, 6.07) is 29.8. The van der Waals surface area contributed by atoms with Gasteiger partial charge in [0.25, 0.3) is 8.32 Å². The molecule has 0 aromatic heterocycles. The second-order valence-electron chi connectivity index (χ2n) is 10.9. The van der Waals surface area contributed by atoms with Crippen molar-refractivity contribution >= 4 is 30.6 Å². The lowest BCUT2D eigenvalue weighted by atomic mass is 10.0. The average Bonchev–Trinajstić information content (AvgIpc) is 2.92. The van der Waals surface area contributed by atoms with Gasteiger partial charge in [0.05, 0.1) is 0 Å². The van der Waals surface area contributed by atoms with Gasteiger partial charge < -0.3 is 14.5 Å². The molecule has 1 N–H and O–H groups in total. The van der Waals surface area contributed by atoms with Crippen molar-refractivity contribution in [1.82, 2.24) is 5.32 Å². The normalized spacial score (nSPS) is 13.4. The molecule has 0 aliphatic carbocycles. The number of esters is 1. The first-order valence-electron chi connectivity index (χ1n) is 13.4. The third-order valence-electron chi connectivity index (χ3n) is 6.80. The fraction of sp³-hybridized carbons (Fsp3) is 0.375. The van der Waals surface area contributed by atoms with Gasteiger partial charge in [0.1, 0.15) is 12.6 Å². The first-order valence-corrected chi connectivity index (χ1v) is 15.3. The van der Waals surface area contributed by atoms with Crippen LogP contribution in [-0.2, 0) is 25.4 Å². The van der Waals surface area contributed by atoms with Crippen molar-refractivity contribution in [2.75, 3.05) is 6.61 Å². The lowest BCUT2D eigenvalue weighted by Gasteiger charge is -2.43. The SMILES string of the molecule is CCC(=O)N[C@H](C[C@H](C)CO[Si](c1ccccc1)(c1ccccc1)C(C)(C)C)C(=O)OCc1ccccc1. The monoisotopic (exact) mass is 531 g/mol. The van der Waals surface area contributed by atoms with Gasteiger partial charge in [0.2, 0.25) is 5.91 Å². The van der Waals surface area contributed by atoms with Crippen LogP contribution in [0, 0.1) is 5.92 Å². The highest BCUT2D eigenvalue weighted by Crippen LogP contribution is 2.37. The molecular weight excluding hydrogens is 490 g/mol.